The van der Waals surface area contributed by atoms with Crippen molar-refractivity contribution in [1.29, 1.82) is 0 Å². The second kappa shape index (κ2) is 13.1. The number of alkyl halides is 3. The van der Waals surface area contributed by atoms with Gasteiger partial charge in [0.25, 0.3) is 15.9 Å². The average Bonchev–Trinajstić information content (AvgIpc) is 2.94. The van der Waals surface area contributed by atoms with E-state index >= 15 is 0 Å². The van der Waals surface area contributed by atoms with E-state index in [0.29, 0.717) is 23.7 Å². The summed E-state index contributed by atoms with van der Waals surface area (Å²) in [6.45, 7) is 4.34. The van der Waals surface area contributed by atoms with Gasteiger partial charge in [-0.15, -0.1) is 0 Å². The third-order valence-corrected chi connectivity index (χ3v) is 8.92. The Morgan fingerprint density at radius 2 is 1.77 bits per heavy atom. The van der Waals surface area contributed by atoms with Gasteiger partial charge < -0.3 is 14.7 Å². The van der Waals surface area contributed by atoms with E-state index in [1.54, 1.807) is 6.92 Å². The Balaban J connectivity index is 1.59. The quantitative estimate of drug-likeness (QED) is 0.320. The Bertz CT molecular complexity index is 1540. The molecule has 0 saturated carbocycles. The van der Waals surface area contributed by atoms with Gasteiger partial charge in [0, 0.05) is 36.3 Å². The third kappa shape index (κ3) is 7.99. The Morgan fingerprint density at radius 3 is 2.37 bits per heavy atom. The van der Waals surface area contributed by atoms with Crippen molar-refractivity contribution < 1.29 is 36.2 Å². The number of nitrogens with zero attached hydrogens (tertiary/aromatic N) is 2. The fraction of sp³-hybridized carbons (Fsp3) is 0.367. The molecule has 0 saturated heterocycles. The molecule has 8 nitrogen and oxygen atoms in total. The van der Waals surface area contributed by atoms with Crippen LogP contribution in [0.5, 0.6) is 5.75 Å². The number of nitrogens with one attached hydrogen (secondary N) is 1. The lowest BCUT2D eigenvalue weighted by atomic mass is 9.99. The Labute approximate surface area is 254 Å². The predicted octanol–water partition coefficient (Wildman–Crippen LogP) is 5.51. The van der Waals surface area contributed by atoms with Gasteiger partial charge in [-0.05, 0) is 74.1 Å². The monoisotopic (exact) mass is 639 g/mol. The van der Waals surface area contributed by atoms with E-state index in [2.05, 4.69) is 4.72 Å². The summed E-state index contributed by atoms with van der Waals surface area (Å²) in [4.78, 5) is 17.1. The van der Waals surface area contributed by atoms with Crippen LogP contribution in [0.25, 0.3) is 0 Å². The molecule has 3 aromatic rings. The highest BCUT2D eigenvalue weighted by molar-refractivity contribution is 7.92. The lowest BCUT2D eigenvalue weighted by Crippen LogP contribution is -2.49. The van der Waals surface area contributed by atoms with E-state index < -0.39 is 39.8 Å². The third-order valence-electron chi connectivity index (χ3n) is 7.27. The van der Waals surface area contributed by atoms with Crippen molar-refractivity contribution in [2.45, 2.75) is 43.6 Å². The van der Waals surface area contributed by atoms with Gasteiger partial charge in [0.1, 0.15) is 11.9 Å². The number of carbonyl (C=O) groups is 1. The number of aliphatic hydroxyl groups excluding tert-OH is 1. The summed E-state index contributed by atoms with van der Waals surface area (Å²) in [6.07, 6.45) is -4.86. The van der Waals surface area contributed by atoms with Crippen LogP contribution in [0.2, 0.25) is 5.02 Å². The first-order valence-corrected chi connectivity index (χ1v) is 15.4. The molecule has 0 radical (unpaired) electrons. The minimum absolute atomic E-state index is 0.00767. The zero-order valence-corrected chi connectivity index (χ0v) is 25.4. The molecule has 0 bridgehead atoms. The van der Waals surface area contributed by atoms with Gasteiger partial charge in [-0.1, -0.05) is 30.7 Å². The lowest BCUT2D eigenvalue weighted by molar-refractivity contribution is -0.137. The van der Waals surface area contributed by atoms with Crippen molar-refractivity contribution >= 4 is 33.2 Å². The van der Waals surface area contributed by atoms with Gasteiger partial charge in [-0.3, -0.25) is 14.4 Å². The van der Waals surface area contributed by atoms with Crippen molar-refractivity contribution in [2.24, 2.45) is 5.92 Å². The number of aliphatic hydroxyl groups is 1. The number of rotatable bonds is 9. The van der Waals surface area contributed by atoms with Crippen LogP contribution in [-0.4, -0.2) is 68.1 Å². The predicted molar refractivity (Wildman–Crippen MR) is 158 cm³/mol. The molecule has 1 heterocycles. The van der Waals surface area contributed by atoms with Crippen molar-refractivity contribution in [3.8, 4) is 5.75 Å². The molecule has 3 atom stereocenters. The smallest absolute Gasteiger partial charge is 0.416 e. The molecule has 0 aliphatic carbocycles. The maximum atomic E-state index is 13.7. The normalized spacial score (nSPS) is 18.4. The van der Waals surface area contributed by atoms with Gasteiger partial charge in [0.15, 0.2) is 0 Å². The number of ether oxygens (including phenoxy) is 1. The number of fused-ring (bicyclic) bond motifs is 1. The van der Waals surface area contributed by atoms with Crippen LogP contribution in [0.15, 0.2) is 71.6 Å². The number of sulfonamides is 1. The van der Waals surface area contributed by atoms with E-state index in [9.17, 15) is 31.5 Å². The van der Waals surface area contributed by atoms with E-state index in [0.717, 1.165) is 12.1 Å². The molecule has 0 spiro atoms. The highest BCUT2D eigenvalue weighted by atomic mass is 35.5. The molecule has 232 valence electrons. The zero-order chi connectivity index (χ0) is 31.5. The molecular formula is C30H33ClF3N3O5S. The molecule has 1 aliphatic rings. The Morgan fingerprint density at radius 1 is 1.12 bits per heavy atom. The standard InChI is InChI=1S/C30H33ClF3N3O5S/c1-19-15-37(20(2)18-38)29(39)26-14-24(35-43(40,41)25-11-8-23(31)9-12-25)10-13-27(26)42-28(19)17-36(3)16-21-4-6-22(7-5-21)30(32,33)34/h4-14,19-20,28,35,38H,15-18H2,1-3H3/t19-,20+,28+/m1/s1. The number of hydrogen-bond acceptors (Lipinski definition) is 6. The van der Waals surface area contributed by atoms with Gasteiger partial charge >= 0.3 is 6.18 Å². The van der Waals surface area contributed by atoms with Crippen LogP contribution in [0, 0.1) is 5.92 Å². The molecule has 4 rings (SSSR count). The lowest BCUT2D eigenvalue weighted by Gasteiger charge is -2.38. The number of benzene rings is 3. The Hall–Kier alpha value is -3.32. The molecule has 0 fully saturated rings. The summed E-state index contributed by atoms with van der Waals surface area (Å²) in [5.74, 6) is -0.370. The van der Waals surface area contributed by atoms with Crippen molar-refractivity contribution in [3.05, 3.63) is 88.4 Å². The fourth-order valence-corrected chi connectivity index (χ4v) is 5.99. The van der Waals surface area contributed by atoms with E-state index in [4.69, 9.17) is 16.3 Å². The summed E-state index contributed by atoms with van der Waals surface area (Å²) in [5, 5.41) is 10.3. The molecule has 1 aliphatic heterocycles. The van der Waals surface area contributed by atoms with Gasteiger partial charge in [-0.2, -0.15) is 13.2 Å². The summed E-state index contributed by atoms with van der Waals surface area (Å²) in [5.41, 5.74) is 0.244. The number of likely N-dealkylation sites (N-methyl/N-ethyl adjacent to an activating group) is 1. The van der Waals surface area contributed by atoms with Crippen molar-refractivity contribution in [2.75, 3.05) is 31.5 Å². The SMILES string of the molecule is C[C@@H]1CN([C@@H](C)CO)C(=O)c2cc(NS(=O)(=O)c3ccc(Cl)cc3)ccc2O[C@H]1CN(C)Cc1ccc(C(F)(F)F)cc1. The number of carbonyl (C=O) groups excluding carboxylic acids is 1. The zero-order valence-electron chi connectivity index (χ0n) is 23.8. The first kappa shape index (κ1) is 32.6. The summed E-state index contributed by atoms with van der Waals surface area (Å²) in [7, 11) is -2.16. The highest BCUT2D eigenvalue weighted by Crippen LogP contribution is 2.32. The average molecular weight is 640 g/mol. The van der Waals surface area contributed by atoms with Crippen LogP contribution >= 0.6 is 11.6 Å². The van der Waals surface area contributed by atoms with Crippen LogP contribution in [0.4, 0.5) is 18.9 Å². The number of hydrogen-bond donors (Lipinski definition) is 2. The topological polar surface area (TPSA) is 99.2 Å². The van der Waals surface area contributed by atoms with Crippen LogP contribution in [0.3, 0.4) is 0 Å². The number of halogens is 4. The van der Waals surface area contributed by atoms with Crippen molar-refractivity contribution in [3.63, 3.8) is 0 Å². The molecule has 13 heteroatoms. The highest BCUT2D eigenvalue weighted by Gasteiger charge is 2.34. The van der Waals surface area contributed by atoms with Gasteiger partial charge in [0.05, 0.1) is 28.7 Å². The van der Waals surface area contributed by atoms with Crippen LogP contribution < -0.4 is 9.46 Å². The second-order valence-corrected chi connectivity index (χ2v) is 12.9. The second-order valence-electron chi connectivity index (χ2n) is 10.8. The molecule has 2 N–H and O–H groups in total. The molecule has 1 amide bonds. The largest absolute Gasteiger partial charge is 0.488 e. The molecule has 3 aromatic carbocycles. The molecular weight excluding hydrogens is 607 g/mol. The Kier molecular flexibility index (Phi) is 9.95. The maximum absolute atomic E-state index is 13.7. The molecule has 43 heavy (non-hydrogen) atoms. The minimum Gasteiger partial charge on any atom is -0.488 e. The summed E-state index contributed by atoms with van der Waals surface area (Å²) in [6, 6.07) is 14.5. The maximum Gasteiger partial charge on any atom is 0.416 e. The first-order valence-electron chi connectivity index (χ1n) is 13.5. The number of amides is 1. The molecule has 0 unspecified atom stereocenters. The van der Waals surface area contributed by atoms with Crippen LogP contribution in [-0.2, 0) is 22.7 Å². The fourth-order valence-electron chi connectivity index (χ4n) is 4.81. The van der Waals surface area contributed by atoms with E-state index in [1.165, 1.54) is 59.5 Å². The van der Waals surface area contributed by atoms with E-state index in [1.807, 2.05) is 18.9 Å². The first-order chi connectivity index (χ1) is 20.2. The van der Waals surface area contributed by atoms with Gasteiger partial charge in [-0.25, -0.2) is 8.42 Å². The summed E-state index contributed by atoms with van der Waals surface area (Å²) < 4.78 is 73.6. The molecule has 0 aromatic heterocycles. The van der Waals surface area contributed by atoms with E-state index in [-0.39, 0.29) is 41.0 Å². The van der Waals surface area contributed by atoms with Crippen molar-refractivity contribution in [1.82, 2.24) is 9.80 Å². The van der Waals surface area contributed by atoms with Crippen LogP contribution in [0.1, 0.15) is 35.3 Å². The number of anilines is 1. The summed E-state index contributed by atoms with van der Waals surface area (Å²) >= 11 is 5.88. The van der Waals surface area contributed by atoms with Gasteiger partial charge in [0.2, 0.25) is 0 Å². The minimum atomic E-state index is -4.41.